The van der Waals surface area contributed by atoms with E-state index in [1.54, 1.807) is 6.07 Å². The third kappa shape index (κ3) is 2.54. The molecule has 0 radical (unpaired) electrons. The van der Waals surface area contributed by atoms with Gasteiger partial charge in [0, 0.05) is 24.8 Å². The van der Waals surface area contributed by atoms with Gasteiger partial charge in [-0.15, -0.1) is 11.6 Å². The molecule has 3 rings (SSSR count). The predicted molar refractivity (Wildman–Crippen MR) is 82.7 cm³/mol. The number of rotatable bonds is 2. The lowest BCUT2D eigenvalue weighted by Crippen LogP contribution is -2.37. The van der Waals surface area contributed by atoms with Crippen LogP contribution in [-0.4, -0.2) is 22.8 Å². The second kappa shape index (κ2) is 5.41. The topological polar surface area (TPSA) is 27.1 Å². The largest absolute Gasteiger partial charge is 0.381 e. The molecule has 2 heterocycles. The highest BCUT2D eigenvalue weighted by molar-refractivity contribution is 6.31. The van der Waals surface area contributed by atoms with Gasteiger partial charge in [-0.1, -0.05) is 11.6 Å². The molecule has 2 aromatic rings. The summed E-state index contributed by atoms with van der Waals surface area (Å²) < 4.78 is 21.4. The molecular formula is C15H17Cl2FN2O. The maximum atomic E-state index is 13.9. The van der Waals surface area contributed by atoms with E-state index in [0.29, 0.717) is 18.7 Å². The molecule has 1 aliphatic heterocycles. The number of halogens is 3. The summed E-state index contributed by atoms with van der Waals surface area (Å²) in [5.41, 5.74) is 1.24. The van der Waals surface area contributed by atoms with Gasteiger partial charge in [0.15, 0.2) is 0 Å². The standard InChI is InChI=1S/C15H17Cl2FN2O/c1-9(16)14-19-12-7-10(17)11(18)8-13(12)20(14)15(2)3-5-21-6-4-15/h7-9H,3-6H2,1-2H3. The molecule has 0 bridgehead atoms. The van der Waals surface area contributed by atoms with E-state index in [-0.39, 0.29) is 15.9 Å². The van der Waals surface area contributed by atoms with E-state index in [0.717, 1.165) is 24.2 Å². The first-order valence-electron chi connectivity index (χ1n) is 7.02. The first-order chi connectivity index (χ1) is 9.92. The number of hydrogen-bond donors (Lipinski definition) is 0. The van der Waals surface area contributed by atoms with Gasteiger partial charge in [0.1, 0.15) is 11.6 Å². The van der Waals surface area contributed by atoms with Crippen LogP contribution in [0.3, 0.4) is 0 Å². The normalized spacial score (nSPS) is 19.9. The average Bonchev–Trinajstić information content (AvgIpc) is 2.79. The molecule has 0 saturated carbocycles. The molecule has 6 heteroatoms. The Morgan fingerprint density at radius 1 is 1.38 bits per heavy atom. The second-order valence-electron chi connectivity index (χ2n) is 5.79. The lowest BCUT2D eigenvalue weighted by atomic mass is 9.91. The van der Waals surface area contributed by atoms with Gasteiger partial charge in [0.25, 0.3) is 0 Å². The maximum absolute atomic E-state index is 13.9. The van der Waals surface area contributed by atoms with Crippen LogP contribution in [-0.2, 0) is 10.3 Å². The van der Waals surface area contributed by atoms with Crippen molar-refractivity contribution in [2.24, 2.45) is 0 Å². The molecule has 1 fully saturated rings. The van der Waals surface area contributed by atoms with Gasteiger partial charge in [-0.05, 0) is 32.8 Å². The van der Waals surface area contributed by atoms with E-state index in [9.17, 15) is 4.39 Å². The van der Waals surface area contributed by atoms with Crippen molar-refractivity contribution in [2.75, 3.05) is 13.2 Å². The minimum Gasteiger partial charge on any atom is -0.381 e. The van der Waals surface area contributed by atoms with E-state index >= 15 is 0 Å². The zero-order valence-electron chi connectivity index (χ0n) is 12.0. The monoisotopic (exact) mass is 330 g/mol. The lowest BCUT2D eigenvalue weighted by Gasteiger charge is -2.37. The van der Waals surface area contributed by atoms with Gasteiger partial charge >= 0.3 is 0 Å². The molecule has 1 saturated heterocycles. The number of nitrogens with zero attached hydrogens (tertiary/aromatic N) is 2. The fourth-order valence-electron chi connectivity index (χ4n) is 2.96. The summed E-state index contributed by atoms with van der Waals surface area (Å²) in [7, 11) is 0. The van der Waals surface area contributed by atoms with Crippen LogP contribution >= 0.6 is 23.2 Å². The van der Waals surface area contributed by atoms with Crippen LogP contribution in [0.1, 0.15) is 37.9 Å². The second-order valence-corrected chi connectivity index (χ2v) is 6.85. The van der Waals surface area contributed by atoms with Crippen LogP contribution in [0, 0.1) is 5.82 Å². The number of alkyl halides is 1. The van der Waals surface area contributed by atoms with Crippen molar-refractivity contribution in [1.82, 2.24) is 9.55 Å². The summed E-state index contributed by atoms with van der Waals surface area (Å²) in [4.78, 5) is 4.57. The average molecular weight is 331 g/mol. The van der Waals surface area contributed by atoms with Crippen molar-refractivity contribution in [1.29, 1.82) is 0 Å². The van der Waals surface area contributed by atoms with E-state index in [1.807, 2.05) is 6.92 Å². The summed E-state index contributed by atoms with van der Waals surface area (Å²) in [5, 5.41) is -0.183. The van der Waals surface area contributed by atoms with Crippen LogP contribution in [0.5, 0.6) is 0 Å². The highest BCUT2D eigenvalue weighted by Crippen LogP contribution is 2.37. The number of benzene rings is 1. The third-order valence-electron chi connectivity index (χ3n) is 4.19. The first-order valence-corrected chi connectivity index (χ1v) is 7.83. The molecule has 1 aliphatic rings. The minimum atomic E-state index is -0.435. The number of hydrogen-bond acceptors (Lipinski definition) is 2. The quantitative estimate of drug-likeness (QED) is 0.749. The van der Waals surface area contributed by atoms with Gasteiger partial charge in [0.2, 0.25) is 0 Å². The van der Waals surface area contributed by atoms with Crippen molar-refractivity contribution < 1.29 is 9.13 Å². The number of imidazole rings is 1. The number of fused-ring (bicyclic) bond motifs is 1. The molecule has 0 amide bonds. The van der Waals surface area contributed by atoms with Crippen LogP contribution in [0.4, 0.5) is 4.39 Å². The SMILES string of the molecule is CC(Cl)c1nc2cc(Cl)c(F)cc2n1C1(C)CCOCC1. The zero-order valence-corrected chi connectivity index (χ0v) is 13.5. The molecule has 0 spiro atoms. The Kier molecular flexibility index (Phi) is 3.89. The van der Waals surface area contributed by atoms with E-state index in [1.165, 1.54) is 6.07 Å². The highest BCUT2D eigenvalue weighted by atomic mass is 35.5. The highest BCUT2D eigenvalue weighted by Gasteiger charge is 2.34. The van der Waals surface area contributed by atoms with Gasteiger partial charge in [0.05, 0.1) is 21.4 Å². The van der Waals surface area contributed by atoms with Gasteiger partial charge < -0.3 is 9.30 Å². The van der Waals surface area contributed by atoms with Crippen molar-refractivity contribution in [3.8, 4) is 0 Å². The lowest BCUT2D eigenvalue weighted by molar-refractivity contribution is 0.0300. The predicted octanol–water partition coefficient (Wildman–Crippen LogP) is 4.65. The molecule has 1 unspecified atom stereocenters. The number of ether oxygens (including phenoxy) is 1. The molecule has 114 valence electrons. The Morgan fingerprint density at radius 2 is 2.05 bits per heavy atom. The Hall–Kier alpha value is -0.840. The zero-order chi connectivity index (χ0) is 15.2. The maximum Gasteiger partial charge on any atom is 0.144 e. The summed E-state index contributed by atoms with van der Waals surface area (Å²) in [5.74, 6) is 0.312. The smallest absolute Gasteiger partial charge is 0.144 e. The van der Waals surface area contributed by atoms with Gasteiger partial charge in [-0.25, -0.2) is 9.37 Å². The Morgan fingerprint density at radius 3 is 2.67 bits per heavy atom. The van der Waals surface area contributed by atoms with E-state index in [2.05, 4.69) is 16.5 Å². The van der Waals surface area contributed by atoms with Crippen molar-refractivity contribution in [2.45, 2.75) is 37.6 Å². The van der Waals surface area contributed by atoms with Crippen molar-refractivity contribution in [3.63, 3.8) is 0 Å². The van der Waals surface area contributed by atoms with Crippen LogP contribution in [0.25, 0.3) is 11.0 Å². The molecule has 1 aromatic heterocycles. The molecular weight excluding hydrogens is 314 g/mol. The Labute approximate surface area is 133 Å². The molecule has 1 atom stereocenters. The summed E-state index contributed by atoms with van der Waals surface area (Å²) >= 11 is 12.2. The summed E-state index contributed by atoms with van der Waals surface area (Å²) in [6.45, 7) is 5.39. The van der Waals surface area contributed by atoms with Crippen LogP contribution in [0.2, 0.25) is 5.02 Å². The molecule has 3 nitrogen and oxygen atoms in total. The van der Waals surface area contributed by atoms with Crippen LogP contribution in [0.15, 0.2) is 12.1 Å². The van der Waals surface area contributed by atoms with Gasteiger partial charge in [-0.2, -0.15) is 0 Å². The van der Waals surface area contributed by atoms with Crippen molar-refractivity contribution >= 4 is 34.2 Å². The molecule has 21 heavy (non-hydrogen) atoms. The molecule has 0 N–H and O–H groups in total. The third-order valence-corrected chi connectivity index (χ3v) is 4.67. The summed E-state index contributed by atoms with van der Waals surface area (Å²) in [6, 6.07) is 3.02. The fourth-order valence-corrected chi connectivity index (χ4v) is 3.26. The van der Waals surface area contributed by atoms with Crippen LogP contribution < -0.4 is 0 Å². The Balaban J connectivity index is 2.27. The minimum absolute atomic E-state index is 0.0815. The van der Waals surface area contributed by atoms with E-state index < -0.39 is 5.82 Å². The molecule has 0 aliphatic carbocycles. The van der Waals surface area contributed by atoms with E-state index in [4.69, 9.17) is 27.9 Å². The first kappa shape index (κ1) is 15.1. The fraction of sp³-hybridized carbons (Fsp3) is 0.533. The number of aromatic nitrogens is 2. The van der Waals surface area contributed by atoms with Gasteiger partial charge in [-0.3, -0.25) is 0 Å². The Bertz CT molecular complexity index is 678. The van der Waals surface area contributed by atoms with Crippen molar-refractivity contribution in [3.05, 3.63) is 28.8 Å². The molecule has 1 aromatic carbocycles. The summed E-state index contributed by atoms with van der Waals surface area (Å²) in [6.07, 6.45) is 1.69.